The Morgan fingerprint density at radius 3 is 1.22 bits per heavy atom. The van der Waals surface area contributed by atoms with Crippen LogP contribution in [0.4, 0.5) is 0 Å². The summed E-state index contributed by atoms with van der Waals surface area (Å²) in [6.07, 6.45) is 24.5. The summed E-state index contributed by atoms with van der Waals surface area (Å²) in [6.45, 7) is 4.68. The van der Waals surface area contributed by atoms with Gasteiger partial charge in [0.25, 0.3) is 0 Å². The van der Waals surface area contributed by atoms with E-state index in [1.807, 2.05) is 0 Å². The molecule has 0 heterocycles. The quantitative estimate of drug-likeness (QED) is 0.190. The van der Waals surface area contributed by atoms with Crippen molar-refractivity contribution in [3.8, 4) is 0 Å². The molecule has 137 valence electrons. The molecule has 0 rings (SSSR count). The van der Waals surface area contributed by atoms with Crippen molar-refractivity contribution in [2.24, 2.45) is 0 Å². The van der Waals surface area contributed by atoms with E-state index in [1.165, 1.54) is 122 Å². The normalized spacial score (nSPS) is 11.2. The molecular formula is C21H44NSi. The molecule has 0 unspecified atom stereocenters. The zero-order valence-corrected chi connectivity index (χ0v) is 17.1. The van der Waals surface area contributed by atoms with Crippen molar-refractivity contribution < 1.29 is 0 Å². The first-order valence-corrected chi connectivity index (χ1v) is 11.5. The molecule has 1 N–H and O–H groups in total. The summed E-state index contributed by atoms with van der Waals surface area (Å²) < 4.78 is 0. The zero-order chi connectivity index (χ0) is 16.8. The predicted octanol–water partition coefficient (Wildman–Crippen LogP) is 6.81. The second-order valence-corrected chi connectivity index (χ2v) is 7.66. The number of hydrogen-bond donors (Lipinski definition) is 1. The van der Waals surface area contributed by atoms with Crippen LogP contribution in [0.25, 0.3) is 0 Å². The van der Waals surface area contributed by atoms with Crippen LogP contribution in [0.5, 0.6) is 0 Å². The number of hydrogen-bond acceptors (Lipinski definition) is 1. The lowest BCUT2D eigenvalue weighted by atomic mass is 10.0. The Balaban J connectivity index is 2.92. The van der Waals surface area contributed by atoms with Gasteiger partial charge in [0.2, 0.25) is 0 Å². The highest BCUT2D eigenvalue weighted by Gasteiger charge is 1.94. The van der Waals surface area contributed by atoms with Crippen LogP contribution in [0, 0.1) is 0 Å². The molecule has 0 fully saturated rings. The van der Waals surface area contributed by atoms with Gasteiger partial charge in [0.15, 0.2) is 0 Å². The van der Waals surface area contributed by atoms with E-state index >= 15 is 0 Å². The highest BCUT2D eigenvalue weighted by molar-refractivity contribution is 6.08. The first-order valence-electron chi connectivity index (χ1n) is 10.8. The van der Waals surface area contributed by atoms with Gasteiger partial charge in [-0.1, -0.05) is 109 Å². The fourth-order valence-electron chi connectivity index (χ4n) is 3.14. The van der Waals surface area contributed by atoms with Gasteiger partial charge in [-0.2, -0.15) is 0 Å². The fraction of sp³-hybridized carbons (Fsp3) is 1.00. The van der Waals surface area contributed by atoms with Crippen molar-refractivity contribution in [1.82, 2.24) is 5.32 Å². The molecule has 0 spiro atoms. The van der Waals surface area contributed by atoms with E-state index in [0.717, 1.165) is 6.04 Å². The highest BCUT2D eigenvalue weighted by Crippen LogP contribution is 2.13. The third-order valence-corrected chi connectivity index (χ3v) is 5.09. The Morgan fingerprint density at radius 2 is 0.826 bits per heavy atom. The van der Waals surface area contributed by atoms with Crippen LogP contribution in [0.1, 0.15) is 116 Å². The molecule has 0 aromatic heterocycles. The van der Waals surface area contributed by atoms with Gasteiger partial charge in [-0.05, 0) is 25.9 Å². The SMILES string of the molecule is CCCCCCCCCCCCCCCCCCNCCC[Si]. The van der Waals surface area contributed by atoms with Gasteiger partial charge in [-0.15, -0.1) is 0 Å². The van der Waals surface area contributed by atoms with Gasteiger partial charge in [0.05, 0.1) is 0 Å². The Morgan fingerprint density at radius 1 is 0.478 bits per heavy atom. The number of rotatable bonds is 20. The Hall–Kier alpha value is 0.177. The molecule has 0 bridgehead atoms. The molecule has 0 saturated carbocycles. The van der Waals surface area contributed by atoms with Crippen molar-refractivity contribution in [1.29, 1.82) is 0 Å². The maximum absolute atomic E-state index is 3.51. The Bertz CT molecular complexity index is 176. The van der Waals surface area contributed by atoms with Crippen LogP contribution in [-0.4, -0.2) is 23.3 Å². The number of nitrogens with one attached hydrogen (secondary N) is 1. The molecule has 0 amide bonds. The average molecular weight is 339 g/mol. The number of unbranched alkanes of at least 4 members (excludes halogenated alkanes) is 15. The highest BCUT2D eigenvalue weighted by atomic mass is 28.1. The van der Waals surface area contributed by atoms with Gasteiger partial charge in [0.1, 0.15) is 0 Å². The average Bonchev–Trinajstić information content (AvgIpc) is 2.57. The van der Waals surface area contributed by atoms with Crippen molar-refractivity contribution in [3.63, 3.8) is 0 Å². The molecule has 0 atom stereocenters. The first-order chi connectivity index (χ1) is 11.4. The molecular weight excluding hydrogens is 294 g/mol. The molecule has 0 aromatic rings. The lowest BCUT2D eigenvalue weighted by Gasteiger charge is -2.04. The predicted molar refractivity (Wildman–Crippen MR) is 108 cm³/mol. The molecule has 1 nitrogen and oxygen atoms in total. The van der Waals surface area contributed by atoms with E-state index < -0.39 is 0 Å². The Labute approximate surface area is 151 Å². The van der Waals surface area contributed by atoms with Crippen LogP contribution in [0.3, 0.4) is 0 Å². The van der Waals surface area contributed by atoms with E-state index in [1.54, 1.807) is 0 Å². The van der Waals surface area contributed by atoms with Crippen molar-refractivity contribution in [2.45, 2.75) is 122 Å². The topological polar surface area (TPSA) is 12.0 Å². The molecule has 0 aliphatic rings. The lowest BCUT2D eigenvalue weighted by Crippen LogP contribution is -2.16. The van der Waals surface area contributed by atoms with E-state index in [4.69, 9.17) is 0 Å². The Kier molecular flexibility index (Phi) is 22.3. The van der Waals surface area contributed by atoms with Crippen molar-refractivity contribution in [3.05, 3.63) is 0 Å². The minimum absolute atomic E-state index is 1.12. The largest absolute Gasteiger partial charge is 0.317 e. The van der Waals surface area contributed by atoms with Gasteiger partial charge < -0.3 is 5.32 Å². The smallest absolute Gasteiger partial charge is 0.0222 e. The standard InChI is InChI=1S/C21H44NSi/c1-2-3-4-5-6-7-8-9-10-11-12-13-14-15-16-17-19-22-20-18-21-23/h22H,2-21H2,1H3. The monoisotopic (exact) mass is 338 g/mol. The summed E-state index contributed by atoms with van der Waals surface area (Å²) in [5.74, 6) is 0. The third-order valence-electron chi connectivity index (χ3n) is 4.74. The van der Waals surface area contributed by atoms with E-state index in [2.05, 4.69) is 22.5 Å². The summed E-state index contributed by atoms with van der Waals surface area (Å²) in [7, 11) is 3.51. The summed E-state index contributed by atoms with van der Waals surface area (Å²) >= 11 is 0. The van der Waals surface area contributed by atoms with Gasteiger partial charge in [-0.25, -0.2) is 0 Å². The minimum Gasteiger partial charge on any atom is -0.317 e. The van der Waals surface area contributed by atoms with Crippen LogP contribution < -0.4 is 5.32 Å². The van der Waals surface area contributed by atoms with Crippen molar-refractivity contribution >= 4 is 10.2 Å². The van der Waals surface area contributed by atoms with Crippen LogP contribution >= 0.6 is 0 Å². The molecule has 23 heavy (non-hydrogen) atoms. The minimum atomic E-state index is 1.12. The molecule has 0 aromatic carbocycles. The molecule has 3 radical (unpaired) electrons. The van der Waals surface area contributed by atoms with E-state index in [9.17, 15) is 0 Å². The lowest BCUT2D eigenvalue weighted by molar-refractivity contribution is 0.525. The fourth-order valence-corrected chi connectivity index (χ4v) is 3.31. The third kappa shape index (κ3) is 22.2. The van der Waals surface area contributed by atoms with Crippen LogP contribution in [0.15, 0.2) is 0 Å². The molecule has 0 aliphatic carbocycles. The maximum Gasteiger partial charge on any atom is 0.0222 e. The second kappa shape index (κ2) is 22.2. The molecule has 2 heteroatoms. The molecule has 0 aliphatic heterocycles. The second-order valence-electron chi connectivity index (χ2n) is 7.16. The summed E-state index contributed by atoms with van der Waals surface area (Å²) in [6, 6.07) is 1.12. The summed E-state index contributed by atoms with van der Waals surface area (Å²) in [4.78, 5) is 0. The first kappa shape index (κ1) is 23.2. The van der Waals surface area contributed by atoms with Crippen LogP contribution in [-0.2, 0) is 0 Å². The van der Waals surface area contributed by atoms with E-state index in [0.29, 0.717) is 0 Å². The van der Waals surface area contributed by atoms with Gasteiger partial charge in [-0.3, -0.25) is 0 Å². The zero-order valence-electron chi connectivity index (χ0n) is 16.1. The molecule has 0 saturated heterocycles. The van der Waals surface area contributed by atoms with Gasteiger partial charge in [0, 0.05) is 10.2 Å². The summed E-state index contributed by atoms with van der Waals surface area (Å²) in [5.41, 5.74) is 0. The summed E-state index contributed by atoms with van der Waals surface area (Å²) in [5, 5.41) is 3.50. The maximum atomic E-state index is 3.51. The van der Waals surface area contributed by atoms with Gasteiger partial charge >= 0.3 is 0 Å². The van der Waals surface area contributed by atoms with E-state index in [-0.39, 0.29) is 0 Å². The van der Waals surface area contributed by atoms with Crippen molar-refractivity contribution in [2.75, 3.05) is 13.1 Å². The van der Waals surface area contributed by atoms with Crippen LogP contribution in [0.2, 0.25) is 6.04 Å².